The standard InChI is InChI=1S/C19H21N3O3S3/c1-13-8-9-18(26-13)28(24,25)22-10-4-5-14(12-22)19(23)20-11-17-21-15-6-2-3-7-16(15)27-17/h2-3,6-9,14H,4-5,10-12H2,1H3,(H,20,23). The van der Waals surface area contributed by atoms with E-state index in [1.165, 1.54) is 15.6 Å². The van der Waals surface area contributed by atoms with Crippen molar-refractivity contribution in [2.24, 2.45) is 5.92 Å². The number of nitrogens with one attached hydrogen (secondary N) is 1. The van der Waals surface area contributed by atoms with Gasteiger partial charge in [0.2, 0.25) is 5.91 Å². The summed E-state index contributed by atoms with van der Waals surface area (Å²) in [6, 6.07) is 11.3. The summed E-state index contributed by atoms with van der Waals surface area (Å²) in [6.45, 7) is 2.94. The fourth-order valence-electron chi connectivity index (χ4n) is 3.36. The SMILES string of the molecule is Cc1ccc(S(=O)(=O)N2CCCC(C(=O)NCc3nc4ccccc4s3)C2)s1. The second-order valence-corrected chi connectivity index (χ2v) is 11.4. The number of rotatable bonds is 5. The molecule has 28 heavy (non-hydrogen) atoms. The highest BCUT2D eigenvalue weighted by atomic mass is 32.2. The van der Waals surface area contributed by atoms with Crippen LogP contribution in [0.4, 0.5) is 0 Å². The molecule has 2 aromatic heterocycles. The van der Waals surface area contributed by atoms with E-state index in [1.807, 2.05) is 37.3 Å². The van der Waals surface area contributed by atoms with Crippen LogP contribution >= 0.6 is 22.7 Å². The van der Waals surface area contributed by atoms with Gasteiger partial charge >= 0.3 is 0 Å². The monoisotopic (exact) mass is 435 g/mol. The summed E-state index contributed by atoms with van der Waals surface area (Å²) in [5.74, 6) is -0.444. The lowest BCUT2D eigenvalue weighted by molar-refractivity contribution is -0.126. The van der Waals surface area contributed by atoms with Crippen molar-refractivity contribution in [3.63, 3.8) is 0 Å². The van der Waals surface area contributed by atoms with Crippen LogP contribution in [0, 0.1) is 12.8 Å². The number of benzene rings is 1. The van der Waals surface area contributed by atoms with Gasteiger partial charge in [-0.25, -0.2) is 13.4 Å². The lowest BCUT2D eigenvalue weighted by Gasteiger charge is -2.30. The second-order valence-electron chi connectivity index (χ2n) is 6.86. The number of sulfonamides is 1. The third kappa shape index (κ3) is 3.98. The molecule has 1 saturated heterocycles. The molecule has 0 saturated carbocycles. The highest BCUT2D eigenvalue weighted by molar-refractivity contribution is 7.91. The molecule has 4 rings (SSSR count). The molecular weight excluding hydrogens is 414 g/mol. The summed E-state index contributed by atoms with van der Waals surface area (Å²) in [4.78, 5) is 18.1. The Kier molecular flexibility index (Phi) is 5.50. The van der Waals surface area contributed by atoms with Crippen molar-refractivity contribution in [3.05, 3.63) is 46.3 Å². The van der Waals surface area contributed by atoms with Gasteiger partial charge in [-0.2, -0.15) is 4.31 Å². The predicted octanol–water partition coefficient (Wildman–Crippen LogP) is 3.38. The first kappa shape index (κ1) is 19.5. The number of fused-ring (bicyclic) bond motifs is 1. The molecule has 0 aliphatic carbocycles. The molecule has 148 valence electrons. The number of aromatic nitrogens is 1. The van der Waals surface area contributed by atoms with Crippen LogP contribution in [-0.4, -0.2) is 36.7 Å². The van der Waals surface area contributed by atoms with Gasteiger partial charge in [0.15, 0.2) is 0 Å². The zero-order valence-electron chi connectivity index (χ0n) is 15.4. The Hall–Kier alpha value is -1.81. The van der Waals surface area contributed by atoms with Crippen molar-refractivity contribution in [1.29, 1.82) is 0 Å². The normalized spacial score (nSPS) is 18.4. The Bertz CT molecular complexity index is 1070. The van der Waals surface area contributed by atoms with Gasteiger partial charge in [-0.3, -0.25) is 4.79 Å². The van der Waals surface area contributed by atoms with Gasteiger partial charge in [0, 0.05) is 18.0 Å². The van der Waals surface area contributed by atoms with E-state index in [0.717, 1.165) is 20.1 Å². The zero-order valence-corrected chi connectivity index (χ0v) is 17.9. The fraction of sp³-hybridized carbons (Fsp3) is 0.368. The van der Waals surface area contributed by atoms with Crippen LogP contribution < -0.4 is 5.32 Å². The number of hydrogen-bond acceptors (Lipinski definition) is 6. The first-order valence-electron chi connectivity index (χ1n) is 9.12. The third-order valence-electron chi connectivity index (χ3n) is 4.82. The van der Waals surface area contributed by atoms with Crippen LogP contribution in [0.3, 0.4) is 0 Å². The van der Waals surface area contributed by atoms with Gasteiger partial charge in [-0.15, -0.1) is 22.7 Å². The van der Waals surface area contributed by atoms with Crippen LogP contribution in [-0.2, 0) is 21.4 Å². The summed E-state index contributed by atoms with van der Waals surface area (Å²) in [7, 11) is -3.53. The number of para-hydroxylation sites is 1. The van der Waals surface area contributed by atoms with Crippen LogP contribution in [0.15, 0.2) is 40.6 Å². The third-order valence-corrected chi connectivity index (χ3v) is 9.19. The predicted molar refractivity (Wildman–Crippen MR) is 112 cm³/mol. The van der Waals surface area contributed by atoms with E-state index in [1.54, 1.807) is 17.4 Å². The van der Waals surface area contributed by atoms with Crippen molar-refractivity contribution >= 4 is 48.8 Å². The topological polar surface area (TPSA) is 79.4 Å². The summed E-state index contributed by atoms with van der Waals surface area (Å²) >= 11 is 2.83. The maximum Gasteiger partial charge on any atom is 0.252 e. The highest BCUT2D eigenvalue weighted by Crippen LogP contribution is 2.28. The zero-order chi connectivity index (χ0) is 19.7. The minimum atomic E-state index is -3.53. The molecule has 1 N–H and O–H groups in total. The molecule has 1 amide bonds. The number of amides is 1. The minimum Gasteiger partial charge on any atom is -0.349 e. The van der Waals surface area contributed by atoms with Gasteiger partial charge in [0.05, 0.1) is 22.7 Å². The van der Waals surface area contributed by atoms with Crippen LogP contribution in [0.2, 0.25) is 0 Å². The maximum absolute atomic E-state index is 12.8. The van der Waals surface area contributed by atoms with Crippen molar-refractivity contribution in [2.45, 2.75) is 30.5 Å². The molecule has 0 radical (unpaired) electrons. The number of carbonyl (C=O) groups is 1. The Morgan fingerprint density at radius 1 is 1.25 bits per heavy atom. The summed E-state index contributed by atoms with van der Waals surface area (Å²) in [5, 5.41) is 3.79. The molecule has 9 heteroatoms. The Morgan fingerprint density at radius 3 is 2.82 bits per heavy atom. The van der Waals surface area contributed by atoms with E-state index in [2.05, 4.69) is 10.3 Å². The average Bonchev–Trinajstić information content (AvgIpc) is 3.32. The number of carbonyl (C=O) groups excluding carboxylic acids is 1. The van der Waals surface area contributed by atoms with Gasteiger partial charge in [0.1, 0.15) is 9.22 Å². The molecule has 1 atom stereocenters. The molecule has 3 aromatic rings. The molecule has 0 spiro atoms. The fourth-order valence-corrected chi connectivity index (χ4v) is 7.22. The van der Waals surface area contributed by atoms with E-state index in [-0.39, 0.29) is 18.4 Å². The lowest BCUT2D eigenvalue weighted by atomic mass is 9.99. The molecule has 1 unspecified atom stereocenters. The quantitative estimate of drug-likeness (QED) is 0.666. The number of piperidine rings is 1. The van der Waals surface area contributed by atoms with E-state index >= 15 is 0 Å². The van der Waals surface area contributed by atoms with Crippen molar-refractivity contribution in [2.75, 3.05) is 13.1 Å². The molecule has 6 nitrogen and oxygen atoms in total. The number of thiazole rings is 1. The van der Waals surface area contributed by atoms with Crippen LogP contribution in [0.5, 0.6) is 0 Å². The summed E-state index contributed by atoms with van der Waals surface area (Å²) < 4.78 is 28.6. The molecule has 1 fully saturated rings. The van der Waals surface area contributed by atoms with E-state index < -0.39 is 10.0 Å². The molecular formula is C19H21N3O3S3. The molecule has 1 aliphatic rings. The van der Waals surface area contributed by atoms with Gasteiger partial charge in [-0.1, -0.05) is 12.1 Å². The van der Waals surface area contributed by atoms with E-state index in [9.17, 15) is 13.2 Å². The van der Waals surface area contributed by atoms with Crippen LogP contribution in [0.1, 0.15) is 22.7 Å². The first-order chi connectivity index (χ1) is 13.4. The number of thiophene rings is 1. The summed E-state index contributed by atoms with van der Waals surface area (Å²) in [6.07, 6.45) is 1.38. The highest BCUT2D eigenvalue weighted by Gasteiger charge is 2.34. The average molecular weight is 436 g/mol. The van der Waals surface area contributed by atoms with Crippen molar-refractivity contribution < 1.29 is 13.2 Å². The van der Waals surface area contributed by atoms with Gasteiger partial charge in [-0.05, 0) is 44.0 Å². The van der Waals surface area contributed by atoms with Gasteiger partial charge in [0.25, 0.3) is 10.0 Å². The van der Waals surface area contributed by atoms with Crippen LogP contribution in [0.25, 0.3) is 10.2 Å². The number of nitrogens with zero attached hydrogens (tertiary/aromatic N) is 2. The van der Waals surface area contributed by atoms with Crippen molar-refractivity contribution in [3.8, 4) is 0 Å². The molecule has 1 aliphatic heterocycles. The molecule has 3 heterocycles. The van der Waals surface area contributed by atoms with Gasteiger partial charge < -0.3 is 5.32 Å². The molecule has 0 bridgehead atoms. The number of hydrogen-bond donors (Lipinski definition) is 1. The first-order valence-corrected chi connectivity index (χ1v) is 12.2. The maximum atomic E-state index is 12.8. The largest absolute Gasteiger partial charge is 0.349 e. The Morgan fingerprint density at radius 2 is 2.07 bits per heavy atom. The smallest absolute Gasteiger partial charge is 0.252 e. The summed E-state index contributed by atoms with van der Waals surface area (Å²) in [5.41, 5.74) is 0.929. The Balaban J connectivity index is 1.40. The minimum absolute atomic E-state index is 0.110. The Labute approximate surface area is 172 Å². The van der Waals surface area contributed by atoms with E-state index in [4.69, 9.17) is 0 Å². The van der Waals surface area contributed by atoms with E-state index in [0.29, 0.717) is 30.1 Å². The lowest BCUT2D eigenvalue weighted by Crippen LogP contribution is -2.45. The molecule has 1 aromatic carbocycles. The second kappa shape index (κ2) is 7.90. The number of aryl methyl sites for hydroxylation is 1. The van der Waals surface area contributed by atoms with Crippen molar-refractivity contribution in [1.82, 2.24) is 14.6 Å².